The van der Waals surface area contributed by atoms with E-state index in [1.54, 1.807) is 0 Å². The fraction of sp³-hybridized carbons (Fsp3) is 0.714. The maximum atomic E-state index is 10.1. The van der Waals surface area contributed by atoms with E-state index in [-0.39, 0.29) is 30.5 Å². The van der Waals surface area contributed by atoms with Gasteiger partial charge in [-0.3, -0.25) is 0 Å². The molecule has 0 spiro atoms. The van der Waals surface area contributed by atoms with Gasteiger partial charge >= 0.3 is 0 Å². The predicted octanol–water partition coefficient (Wildman–Crippen LogP) is 3.72. The second-order valence-electron chi connectivity index (χ2n) is 8.29. The van der Waals surface area contributed by atoms with Crippen molar-refractivity contribution < 1.29 is 14.6 Å². The summed E-state index contributed by atoms with van der Waals surface area (Å²) in [5.41, 5.74) is 7.50. The molecule has 3 N–H and O–H groups in total. The Kier molecular flexibility index (Phi) is 7.44. The van der Waals surface area contributed by atoms with E-state index in [0.717, 1.165) is 24.8 Å². The smallest absolute Gasteiger partial charge is 0.147 e. The first kappa shape index (κ1) is 20.4. The number of hydrogen-bond donors (Lipinski definition) is 2. The minimum Gasteiger partial charge on any atom is -0.393 e. The molecule has 142 valence electrons. The van der Waals surface area contributed by atoms with Crippen LogP contribution in [0.2, 0.25) is 0 Å². The third kappa shape index (κ3) is 6.37. The van der Waals surface area contributed by atoms with E-state index in [9.17, 15) is 5.11 Å². The molecule has 2 rings (SSSR count). The zero-order chi connectivity index (χ0) is 18.4. The van der Waals surface area contributed by atoms with Crippen LogP contribution in [0.25, 0.3) is 0 Å². The highest BCUT2D eigenvalue weighted by Crippen LogP contribution is 2.48. The third-order valence-electron chi connectivity index (χ3n) is 5.38. The minimum absolute atomic E-state index is 0.0852. The van der Waals surface area contributed by atoms with Crippen LogP contribution in [-0.4, -0.2) is 29.6 Å². The van der Waals surface area contributed by atoms with Crippen molar-refractivity contribution in [1.82, 2.24) is 0 Å². The Morgan fingerprint density at radius 1 is 1.16 bits per heavy atom. The number of aliphatic hydroxyl groups is 1. The average Bonchev–Trinajstić information content (AvgIpc) is 3.20. The molecule has 1 fully saturated rings. The molecule has 0 radical (unpaired) electrons. The van der Waals surface area contributed by atoms with Crippen molar-refractivity contribution >= 4 is 0 Å². The van der Waals surface area contributed by atoms with E-state index in [1.165, 1.54) is 0 Å². The number of rotatable bonds is 11. The van der Waals surface area contributed by atoms with Crippen molar-refractivity contribution in [3.05, 3.63) is 35.9 Å². The lowest BCUT2D eigenvalue weighted by molar-refractivity contribution is -0.113. The van der Waals surface area contributed by atoms with Gasteiger partial charge in [-0.2, -0.15) is 0 Å². The fourth-order valence-electron chi connectivity index (χ4n) is 3.26. The highest BCUT2D eigenvalue weighted by atomic mass is 16.7. The largest absolute Gasteiger partial charge is 0.393 e. The van der Waals surface area contributed by atoms with Gasteiger partial charge in [0.05, 0.1) is 18.8 Å². The van der Waals surface area contributed by atoms with Crippen molar-refractivity contribution in [1.29, 1.82) is 0 Å². The van der Waals surface area contributed by atoms with Crippen LogP contribution in [-0.2, 0) is 16.1 Å². The molecule has 1 saturated carbocycles. The molecular formula is C21H35NO3. The van der Waals surface area contributed by atoms with Gasteiger partial charge in [0.25, 0.3) is 0 Å². The van der Waals surface area contributed by atoms with Crippen LogP contribution in [0.3, 0.4) is 0 Å². The van der Waals surface area contributed by atoms with Crippen LogP contribution in [0.4, 0.5) is 0 Å². The van der Waals surface area contributed by atoms with Crippen LogP contribution >= 0.6 is 0 Å². The van der Waals surface area contributed by atoms with Crippen molar-refractivity contribution in [3.63, 3.8) is 0 Å². The Balaban J connectivity index is 1.73. The van der Waals surface area contributed by atoms with Crippen LogP contribution in [0.15, 0.2) is 30.3 Å². The summed E-state index contributed by atoms with van der Waals surface area (Å²) in [6.45, 7) is 9.26. The molecule has 4 nitrogen and oxygen atoms in total. The molecule has 4 heteroatoms. The van der Waals surface area contributed by atoms with Gasteiger partial charge in [-0.25, -0.2) is 0 Å². The van der Waals surface area contributed by atoms with Gasteiger partial charge in [0.15, 0.2) is 0 Å². The van der Waals surface area contributed by atoms with Gasteiger partial charge in [0.1, 0.15) is 6.79 Å². The van der Waals surface area contributed by atoms with Gasteiger partial charge in [0.2, 0.25) is 0 Å². The molecule has 0 amide bonds. The quantitative estimate of drug-likeness (QED) is 0.472. The first-order valence-corrected chi connectivity index (χ1v) is 9.52. The molecule has 0 heterocycles. The molecule has 0 aliphatic heterocycles. The minimum atomic E-state index is -0.261. The van der Waals surface area contributed by atoms with Crippen LogP contribution in [0.5, 0.6) is 0 Å². The average molecular weight is 350 g/mol. The topological polar surface area (TPSA) is 64.7 Å². The fourth-order valence-corrected chi connectivity index (χ4v) is 3.26. The highest BCUT2D eigenvalue weighted by Gasteiger charge is 2.52. The zero-order valence-corrected chi connectivity index (χ0v) is 16.2. The van der Waals surface area contributed by atoms with Gasteiger partial charge in [-0.15, -0.1) is 0 Å². The first-order valence-electron chi connectivity index (χ1n) is 9.52. The second kappa shape index (κ2) is 9.13. The van der Waals surface area contributed by atoms with Crippen LogP contribution < -0.4 is 5.73 Å². The second-order valence-corrected chi connectivity index (χ2v) is 8.29. The number of aliphatic hydroxyl groups excluding tert-OH is 1. The third-order valence-corrected chi connectivity index (χ3v) is 5.38. The Labute approximate surface area is 152 Å². The summed E-state index contributed by atoms with van der Waals surface area (Å²) in [6.07, 6.45) is 2.43. The molecule has 0 bridgehead atoms. The van der Waals surface area contributed by atoms with Crippen LogP contribution in [0.1, 0.15) is 52.5 Å². The summed E-state index contributed by atoms with van der Waals surface area (Å²) < 4.78 is 11.6. The standard InChI is InChI=1S/C21H35NO3/c1-15(2)19(23)10-18-11-21(18,22)12-20(16(3)4)25-14-24-13-17-8-6-5-7-9-17/h5-9,15-16,18-20,23H,10-14,22H2,1-4H3/t18-,19?,20?,21-/m1/s1. The summed E-state index contributed by atoms with van der Waals surface area (Å²) in [4.78, 5) is 0. The molecule has 2 unspecified atom stereocenters. The number of ether oxygens (including phenoxy) is 2. The van der Waals surface area contributed by atoms with Crippen LogP contribution in [0, 0.1) is 17.8 Å². The van der Waals surface area contributed by atoms with Gasteiger partial charge in [-0.05, 0) is 42.6 Å². The zero-order valence-electron chi connectivity index (χ0n) is 16.2. The lowest BCUT2D eigenvalue weighted by atomic mass is 9.94. The highest BCUT2D eigenvalue weighted by molar-refractivity contribution is 5.13. The summed E-state index contributed by atoms with van der Waals surface area (Å²) in [5.74, 6) is 1.07. The monoisotopic (exact) mass is 349 g/mol. The molecular weight excluding hydrogens is 314 g/mol. The maximum absolute atomic E-state index is 10.1. The van der Waals surface area contributed by atoms with E-state index in [4.69, 9.17) is 15.2 Å². The van der Waals surface area contributed by atoms with Gasteiger partial charge < -0.3 is 20.3 Å². The molecule has 0 saturated heterocycles. The van der Waals surface area contributed by atoms with E-state index in [1.807, 2.05) is 30.3 Å². The maximum Gasteiger partial charge on any atom is 0.147 e. The first-order chi connectivity index (χ1) is 11.8. The Morgan fingerprint density at radius 3 is 2.44 bits per heavy atom. The van der Waals surface area contributed by atoms with E-state index >= 15 is 0 Å². The lowest BCUT2D eigenvalue weighted by Gasteiger charge is -2.26. The molecule has 1 aromatic rings. The molecule has 1 aliphatic rings. The van der Waals surface area contributed by atoms with E-state index in [0.29, 0.717) is 18.4 Å². The number of nitrogens with two attached hydrogens (primary N) is 1. The van der Waals surface area contributed by atoms with Gasteiger partial charge in [0, 0.05) is 5.54 Å². The van der Waals surface area contributed by atoms with E-state index in [2.05, 4.69) is 27.7 Å². The normalized spacial score (nSPS) is 25.4. The van der Waals surface area contributed by atoms with Crippen molar-refractivity contribution in [2.24, 2.45) is 23.5 Å². The Bertz CT molecular complexity index is 505. The summed E-state index contributed by atoms with van der Waals surface area (Å²) >= 11 is 0. The molecule has 1 aliphatic carbocycles. The summed E-state index contributed by atoms with van der Waals surface area (Å²) in [7, 11) is 0. The van der Waals surface area contributed by atoms with Crippen molar-refractivity contribution in [2.75, 3.05) is 6.79 Å². The Morgan fingerprint density at radius 2 is 1.84 bits per heavy atom. The number of benzene rings is 1. The van der Waals surface area contributed by atoms with E-state index < -0.39 is 0 Å². The summed E-state index contributed by atoms with van der Waals surface area (Å²) in [5, 5.41) is 10.1. The predicted molar refractivity (Wildman–Crippen MR) is 101 cm³/mol. The molecule has 25 heavy (non-hydrogen) atoms. The SMILES string of the molecule is CC(C)C(O)C[C@@H]1C[C@@]1(N)CC(OCOCc1ccccc1)C(C)C. The molecule has 4 atom stereocenters. The number of hydrogen-bond acceptors (Lipinski definition) is 4. The van der Waals surface area contributed by atoms with Crippen molar-refractivity contribution in [2.45, 2.75) is 71.3 Å². The lowest BCUT2D eigenvalue weighted by Crippen LogP contribution is -2.35. The van der Waals surface area contributed by atoms with Crippen molar-refractivity contribution in [3.8, 4) is 0 Å². The molecule has 0 aromatic heterocycles. The molecule has 1 aromatic carbocycles. The Hall–Kier alpha value is -0.940. The summed E-state index contributed by atoms with van der Waals surface area (Å²) in [6, 6.07) is 10.1. The van der Waals surface area contributed by atoms with Gasteiger partial charge in [-0.1, -0.05) is 58.0 Å².